The smallest absolute Gasteiger partial charge is 0.412 e. The molecule has 7 heteroatoms. The molecular weight excluding hydrogens is 394 g/mol. The van der Waals surface area contributed by atoms with E-state index in [0.29, 0.717) is 15.7 Å². The molecule has 1 aromatic rings. The first kappa shape index (κ1) is 16.7. The monoisotopic (exact) mass is 405 g/mol. The van der Waals surface area contributed by atoms with Crippen molar-refractivity contribution in [3.8, 4) is 0 Å². The number of rotatable bonds is 4. The molecule has 0 bridgehead atoms. The van der Waals surface area contributed by atoms with Crippen molar-refractivity contribution < 1.29 is 19.1 Å². The standard InChI is InChI=1S/C13H13Br2NO4/c1-7(2)11(12(17)19-3)20-13(18)16-10-5-4-8(14)6-9(10)15/h4-6,11H,1H2,2-3H3,(H,16,18). The molecule has 0 fully saturated rings. The third kappa shape index (κ3) is 4.64. The zero-order valence-electron chi connectivity index (χ0n) is 10.9. The van der Waals surface area contributed by atoms with Crippen molar-refractivity contribution in [2.45, 2.75) is 13.0 Å². The third-order valence-electron chi connectivity index (χ3n) is 2.26. The van der Waals surface area contributed by atoms with Crippen molar-refractivity contribution in [1.82, 2.24) is 0 Å². The average molecular weight is 407 g/mol. The number of benzene rings is 1. The Morgan fingerprint density at radius 2 is 2.00 bits per heavy atom. The van der Waals surface area contributed by atoms with Crippen LogP contribution >= 0.6 is 31.9 Å². The Balaban J connectivity index is 2.75. The molecule has 108 valence electrons. The van der Waals surface area contributed by atoms with Gasteiger partial charge in [0.05, 0.1) is 12.8 Å². The average Bonchev–Trinajstić information content (AvgIpc) is 2.38. The third-order valence-corrected chi connectivity index (χ3v) is 3.40. The number of carbonyl (C=O) groups excluding carboxylic acids is 2. The molecule has 1 rings (SSSR count). The first-order valence-corrected chi connectivity index (χ1v) is 7.09. The van der Waals surface area contributed by atoms with E-state index in [1.165, 1.54) is 7.11 Å². The molecule has 0 saturated carbocycles. The van der Waals surface area contributed by atoms with E-state index < -0.39 is 18.2 Å². The molecule has 5 nitrogen and oxygen atoms in total. The number of ether oxygens (including phenoxy) is 2. The van der Waals surface area contributed by atoms with Crippen LogP contribution in [0.15, 0.2) is 39.3 Å². The van der Waals surface area contributed by atoms with Crippen molar-refractivity contribution in [3.05, 3.63) is 39.3 Å². The van der Waals surface area contributed by atoms with E-state index in [2.05, 4.69) is 48.5 Å². The van der Waals surface area contributed by atoms with Gasteiger partial charge < -0.3 is 9.47 Å². The van der Waals surface area contributed by atoms with Gasteiger partial charge in [-0.3, -0.25) is 5.32 Å². The number of anilines is 1. The maximum Gasteiger partial charge on any atom is 0.412 e. The minimum atomic E-state index is -1.13. The van der Waals surface area contributed by atoms with Crippen LogP contribution in [0.3, 0.4) is 0 Å². The lowest BCUT2D eigenvalue weighted by Crippen LogP contribution is -2.31. The summed E-state index contributed by atoms with van der Waals surface area (Å²) in [6.45, 7) is 5.17. The summed E-state index contributed by atoms with van der Waals surface area (Å²) in [6.07, 6.45) is -1.90. The van der Waals surface area contributed by atoms with Crippen molar-refractivity contribution in [1.29, 1.82) is 0 Å². The fourth-order valence-corrected chi connectivity index (χ4v) is 2.44. The zero-order valence-corrected chi connectivity index (χ0v) is 14.1. The first-order chi connectivity index (χ1) is 9.35. The van der Waals surface area contributed by atoms with E-state index in [1.54, 1.807) is 25.1 Å². The second-order valence-corrected chi connectivity index (χ2v) is 5.67. The van der Waals surface area contributed by atoms with Gasteiger partial charge in [-0.25, -0.2) is 9.59 Å². The van der Waals surface area contributed by atoms with Crippen LogP contribution in [0.25, 0.3) is 0 Å². The largest absolute Gasteiger partial charge is 0.466 e. The van der Waals surface area contributed by atoms with Crippen molar-refractivity contribution in [2.75, 3.05) is 12.4 Å². The van der Waals surface area contributed by atoms with Crippen molar-refractivity contribution in [3.63, 3.8) is 0 Å². The summed E-state index contributed by atoms with van der Waals surface area (Å²) in [5.41, 5.74) is 0.894. The van der Waals surface area contributed by atoms with Gasteiger partial charge in [0.1, 0.15) is 0 Å². The summed E-state index contributed by atoms with van der Waals surface area (Å²) in [6, 6.07) is 5.21. The number of nitrogens with one attached hydrogen (secondary N) is 1. The second-order valence-electron chi connectivity index (χ2n) is 3.90. The van der Waals surface area contributed by atoms with Gasteiger partial charge in [0.2, 0.25) is 6.10 Å². The molecule has 1 aromatic carbocycles. The summed E-state index contributed by atoms with van der Waals surface area (Å²) in [5.74, 6) is -0.678. The summed E-state index contributed by atoms with van der Waals surface area (Å²) >= 11 is 6.61. The summed E-state index contributed by atoms with van der Waals surface area (Å²) in [5, 5.41) is 2.52. The Hall–Kier alpha value is -1.34. The highest BCUT2D eigenvalue weighted by Crippen LogP contribution is 2.26. The van der Waals surface area contributed by atoms with Gasteiger partial charge in [0, 0.05) is 8.95 Å². The van der Waals surface area contributed by atoms with E-state index >= 15 is 0 Å². The lowest BCUT2D eigenvalue weighted by molar-refractivity contribution is -0.148. The quantitative estimate of drug-likeness (QED) is 0.608. The number of amides is 1. The van der Waals surface area contributed by atoms with Gasteiger partial charge in [0.25, 0.3) is 0 Å². The van der Waals surface area contributed by atoms with Gasteiger partial charge in [0.15, 0.2) is 0 Å². The highest BCUT2D eigenvalue weighted by molar-refractivity contribution is 9.11. The molecule has 1 amide bonds. The van der Waals surface area contributed by atoms with Crippen LogP contribution in [0, 0.1) is 0 Å². The number of hydrogen-bond acceptors (Lipinski definition) is 4. The molecule has 0 aliphatic heterocycles. The highest BCUT2D eigenvalue weighted by Gasteiger charge is 2.24. The van der Waals surface area contributed by atoms with Gasteiger partial charge in [-0.1, -0.05) is 22.5 Å². The second kappa shape index (κ2) is 7.44. The van der Waals surface area contributed by atoms with Crippen LogP contribution in [0.5, 0.6) is 0 Å². The maximum atomic E-state index is 11.8. The predicted molar refractivity (Wildman–Crippen MR) is 82.6 cm³/mol. The maximum absolute atomic E-state index is 11.8. The van der Waals surface area contributed by atoms with Crippen LogP contribution in [-0.2, 0) is 14.3 Å². The van der Waals surface area contributed by atoms with Crippen LogP contribution in [-0.4, -0.2) is 25.3 Å². The lowest BCUT2D eigenvalue weighted by atomic mass is 10.2. The Kier molecular flexibility index (Phi) is 6.22. The Labute approximate surface area is 133 Å². The number of halogens is 2. The Bertz CT molecular complexity index is 545. The lowest BCUT2D eigenvalue weighted by Gasteiger charge is -2.16. The number of carbonyl (C=O) groups is 2. The molecule has 0 spiro atoms. The molecule has 1 unspecified atom stereocenters. The minimum Gasteiger partial charge on any atom is -0.466 e. The molecule has 0 heterocycles. The van der Waals surface area contributed by atoms with Gasteiger partial charge in [-0.05, 0) is 46.6 Å². The van der Waals surface area contributed by atoms with E-state index in [-0.39, 0.29) is 0 Å². The topological polar surface area (TPSA) is 64.6 Å². The fraction of sp³-hybridized carbons (Fsp3) is 0.231. The van der Waals surface area contributed by atoms with Crippen LogP contribution in [0.4, 0.5) is 10.5 Å². The molecule has 1 N–H and O–H groups in total. The van der Waals surface area contributed by atoms with Crippen LogP contribution < -0.4 is 5.32 Å². The van der Waals surface area contributed by atoms with Crippen molar-refractivity contribution >= 4 is 49.6 Å². The van der Waals surface area contributed by atoms with Gasteiger partial charge in [-0.2, -0.15) is 0 Å². The first-order valence-electron chi connectivity index (χ1n) is 5.51. The summed E-state index contributed by atoms with van der Waals surface area (Å²) in [4.78, 5) is 23.2. The van der Waals surface area contributed by atoms with Gasteiger partial charge >= 0.3 is 12.1 Å². The molecule has 0 saturated heterocycles. The normalized spacial score (nSPS) is 11.4. The highest BCUT2D eigenvalue weighted by atomic mass is 79.9. The Morgan fingerprint density at radius 3 is 2.50 bits per heavy atom. The molecule has 0 aromatic heterocycles. The molecular formula is C13H13Br2NO4. The molecule has 0 aliphatic rings. The summed E-state index contributed by atoms with van der Waals surface area (Å²) < 4.78 is 11.1. The SMILES string of the molecule is C=C(C)C(OC(=O)Nc1ccc(Br)cc1Br)C(=O)OC. The number of methoxy groups -OCH3 is 1. The van der Waals surface area contributed by atoms with E-state index in [0.717, 1.165) is 4.47 Å². The molecule has 0 aliphatic carbocycles. The van der Waals surface area contributed by atoms with Crippen molar-refractivity contribution in [2.24, 2.45) is 0 Å². The van der Waals surface area contributed by atoms with Crippen LogP contribution in [0.2, 0.25) is 0 Å². The number of hydrogen-bond donors (Lipinski definition) is 1. The van der Waals surface area contributed by atoms with Gasteiger partial charge in [-0.15, -0.1) is 0 Å². The number of esters is 1. The van der Waals surface area contributed by atoms with E-state index in [4.69, 9.17) is 4.74 Å². The summed E-state index contributed by atoms with van der Waals surface area (Å²) in [7, 11) is 1.21. The fourth-order valence-electron chi connectivity index (χ4n) is 1.29. The zero-order chi connectivity index (χ0) is 15.3. The van der Waals surface area contributed by atoms with E-state index in [1.807, 2.05) is 0 Å². The molecule has 1 atom stereocenters. The molecule has 20 heavy (non-hydrogen) atoms. The van der Waals surface area contributed by atoms with E-state index in [9.17, 15) is 9.59 Å². The minimum absolute atomic E-state index is 0.377. The van der Waals surface area contributed by atoms with Crippen LogP contribution in [0.1, 0.15) is 6.92 Å². The predicted octanol–water partition coefficient (Wildman–Crippen LogP) is 3.88. The Morgan fingerprint density at radius 1 is 1.35 bits per heavy atom. The molecule has 0 radical (unpaired) electrons.